The number of hydrogen-bond acceptors (Lipinski definition) is 6. The van der Waals surface area contributed by atoms with Crippen molar-refractivity contribution in [2.45, 2.75) is 0 Å². The van der Waals surface area contributed by atoms with Crippen LogP contribution in [0.5, 0.6) is 0 Å². The minimum Gasteiger partial charge on any atom is -0.321 e. The van der Waals surface area contributed by atoms with Gasteiger partial charge in [0.1, 0.15) is 16.7 Å². The van der Waals surface area contributed by atoms with E-state index in [0.29, 0.717) is 17.1 Å². The Balaban J connectivity index is 1.72. The molecular formula is C24H17N5O2S. The number of nitriles is 1. The Labute approximate surface area is 189 Å². The van der Waals surface area contributed by atoms with E-state index in [9.17, 15) is 14.9 Å². The Kier molecular flexibility index (Phi) is 6.30. The largest absolute Gasteiger partial charge is 0.321 e. The molecule has 2 N–H and O–H groups in total. The number of nitrogens with one attached hydrogen (secondary N) is 2. The summed E-state index contributed by atoms with van der Waals surface area (Å²) in [6.07, 6.45) is 0. The molecule has 1 aliphatic rings. The molecule has 2 amide bonds. The van der Waals surface area contributed by atoms with Crippen molar-refractivity contribution >= 4 is 45.7 Å². The Morgan fingerprint density at radius 2 is 1.44 bits per heavy atom. The molecule has 1 fully saturated rings. The Hall–Kier alpha value is -4.35. The van der Waals surface area contributed by atoms with Crippen LogP contribution < -0.4 is 15.6 Å². The highest BCUT2D eigenvalue weighted by Gasteiger charge is 2.38. The monoisotopic (exact) mass is 439 g/mol. The first-order valence-corrected chi connectivity index (χ1v) is 10.5. The van der Waals surface area contributed by atoms with Gasteiger partial charge in [0.05, 0.1) is 5.69 Å². The highest BCUT2D eigenvalue weighted by atomic mass is 32.2. The number of anilines is 3. The van der Waals surface area contributed by atoms with Crippen molar-refractivity contribution in [2.75, 3.05) is 15.6 Å². The SMILES string of the molecule is N#C/C(C(=O)Nc1ccccc1)=C1/S/C(=N\Nc2ccccc2)C(=O)N1c1ccccc1. The predicted octanol–water partition coefficient (Wildman–Crippen LogP) is 4.57. The maximum Gasteiger partial charge on any atom is 0.290 e. The molecule has 32 heavy (non-hydrogen) atoms. The van der Waals surface area contributed by atoms with Gasteiger partial charge in [0.15, 0.2) is 5.04 Å². The van der Waals surface area contributed by atoms with Crippen LogP contribution in [0, 0.1) is 11.3 Å². The predicted molar refractivity (Wildman–Crippen MR) is 127 cm³/mol. The fraction of sp³-hybridized carbons (Fsp3) is 0. The van der Waals surface area contributed by atoms with Gasteiger partial charge in [-0.3, -0.25) is 19.9 Å². The number of para-hydroxylation sites is 3. The fourth-order valence-electron chi connectivity index (χ4n) is 2.95. The molecule has 0 saturated carbocycles. The number of nitrogens with zero attached hydrogens (tertiary/aromatic N) is 3. The quantitative estimate of drug-likeness (QED) is 0.345. The van der Waals surface area contributed by atoms with Crippen LogP contribution in [0.2, 0.25) is 0 Å². The van der Waals surface area contributed by atoms with Crippen LogP contribution in [0.15, 0.2) is 107 Å². The number of rotatable bonds is 5. The molecule has 0 atom stereocenters. The van der Waals surface area contributed by atoms with Gasteiger partial charge in [-0.15, -0.1) is 0 Å². The second kappa shape index (κ2) is 9.64. The van der Waals surface area contributed by atoms with E-state index in [1.807, 2.05) is 48.5 Å². The van der Waals surface area contributed by atoms with Crippen molar-refractivity contribution in [3.8, 4) is 6.07 Å². The zero-order chi connectivity index (χ0) is 22.3. The van der Waals surface area contributed by atoms with Gasteiger partial charge in [0, 0.05) is 11.4 Å². The molecule has 4 rings (SSSR count). The first kappa shape index (κ1) is 20.9. The third-order valence-electron chi connectivity index (χ3n) is 4.44. The highest BCUT2D eigenvalue weighted by molar-refractivity contribution is 8.20. The highest BCUT2D eigenvalue weighted by Crippen LogP contribution is 2.38. The van der Waals surface area contributed by atoms with Gasteiger partial charge < -0.3 is 5.32 Å². The van der Waals surface area contributed by atoms with E-state index in [1.54, 1.807) is 48.5 Å². The Bertz CT molecular complexity index is 1240. The minimum absolute atomic E-state index is 0.118. The standard InChI is InChI=1S/C24H17N5O2S/c25-16-20(21(30)26-17-10-4-1-5-11-17)24-29(19-14-8-3-9-15-19)23(31)22(32-24)28-27-18-12-6-2-7-13-18/h1-15,27H,(H,26,30)/b24-20-,28-22-. The molecule has 1 saturated heterocycles. The summed E-state index contributed by atoms with van der Waals surface area (Å²) in [7, 11) is 0. The summed E-state index contributed by atoms with van der Waals surface area (Å²) < 4.78 is 0. The van der Waals surface area contributed by atoms with E-state index in [-0.39, 0.29) is 15.6 Å². The van der Waals surface area contributed by atoms with E-state index < -0.39 is 11.8 Å². The average Bonchev–Trinajstić information content (AvgIpc) is 3.15. The molecular weight excluding hydrogens is 422 g/mol. The van der Waals surface area contributed by atoms with Crippen molar-refractivity contribution in [3.63, 3.8) is 0 Å². The maximum atomic E-state index is 13.2. The molecule has 0 aliphatic carbocycles. The van der Waals surface area contributed by atoms with Crippen LogP contribution in [0.25, 0.3) is 0 Å². The minimum atomic E-state index is -0.604. The molecule has 0 unspecified atom stereocenters. The second-order valence-corrected chi connectivity index (χ2v) is 7.56. The summed E-state index contributed by atoms with van der Waals surface area (Å²) in [5.74, 6) is -1.04. The summed E-state index contributed by atoms with van der Waals surface area (Å²) in [6.45, 7) is 0. The van der Waals surface area contributed by atoms with Crippen LogP contribution in [0.3, 0.4) is 0 Å². The first-order valence-electron chi connectivity index (χ1n) is 9.64. The number of thioether (sulfide) groups is 1. The summed E-state index contributed by atoms with van der Waals surface area (Å²) in [4.78, 5) is 27.4. The Morgan fingerprint density at radius 3 is 2.03 bits per heavy atom. The third-order valence-corrected chi connectivity index (χ3v) is 5.48. The van der Waals surface area contributed by atoms with Crippen LogP contribution in [0.4, 0.5) is 17.1 Å². The first-order chi connectivity index (χ1) is 15.7. The maximum absolute atomic E-state index is 13.2. The normalized spacial score (nSPS) is 15.9. The summed E-state index contributed by atoms with van der Waals surface area (Å²) in [5.41, 5.74) is 4.46. The van der Waals surface area contributed by atoms with E-state index in [4.69, 9.17) is 0 Å². The van der Waals surface area contributed by atoms with Crippen LogP contribution in [-0.2, 0) is 9.59 Å². The van der Waals surface area contributed by atoms with Crippen LogP contribution in [-0.4, -0.2) is 16.9 Å². The van der Waals surface area contributed by atoms with Crippen molar-refractivity contribution in [3.05, 3.63) is 102 Å². The smallest absolute Gasteiger partial charge is 0.290 e. The molecule has 1 heterocycles. The number of hydrogen-bond donors (Lipinski definition) is 2. The molecule has 156 valence electrons. The number of amides is 2. The number of carbonyl (C=O) groups is 2. The molecule has 3 aromatic carbocycles. The zero-order valence-electron chi connectivity index (χ0n) is 16.7. The lowest BCUT2D eigenvalue weighted by atomic mass is 10.2. The van der Waals surface area contributed by atoms with E-state index in [0.717, 1.165) is 11.8 Å². The summed E-state index contributed by atoms with van der Waals surface area (Å²) in [6, 6.07) is 28.8. The van der Waals surface area contributed by atoms with Crippen LogP contribution in [0.1, 0.15) is 0 Å². The van der Waals surface area contributed by atoms with E-state index >= 15 is 0 Å². The van der Waals surface area contributed by atoms with E-state index in [1.165, 1.54) is 4.90 Å². The Morgan fingerprint density at radius 1 is 0.875 bits per heavy atom. The van der Waals surface area contributed by atoms with Gasteiger partial charge in [0.2, 0.25) is 0 Å². The fourth-order valence-corrected chi connectivity index (χ4v) is 3.93. The second-order valence-electron chi connectivity index (χ2n) is 6.59. The van der Waals surface area contributed by atoms with Gasteiger partial charge in [-0.25, -0.2) is 0 Å². The van der Waals surface area contributed by atoms with Crippen molar-refractivity contribution in [1.82, 2.24) is 0 Å². The lowest BCUT2D eigenvalue weighted by molar-refractivity contribution is -0.112. The number of hydrazone groups is 1. The molecule has 3 aromatic rings. The van der Waals surface area contributed by atoms with Crippen molar-refractivity contribution in [1.29, 1.82) is 5.26 Å². The molecule has 1 aliphatic heterocycles. The summed E-state index contributed by atoms with van der Waals surface area (Å²) in [5, 5.41) is 17.0. The lowest BCUT2D eigenvalue weighted by Crippen LogP contribution is -2.28. The van der Waals surface area contributed by atoms with Gasteiger partial charge >= 0.3 is 0 Å². The van der Waals surface area contributed by atoms with Crippen molar-refractivity contribution < 1.29 is 9.59 Å². The lowest BCUT2D eigenvalue weighted by Gasteiger charge is -2.17. The van der Waals surface area contributed by atoms with Crippen molar-refractivity contribution in [2.24, 2.45) is 5.10 Å². The number of carbonyl (C=O) groups excluding carboxylic acids is 2. The molecule has 0 radical (unpaired) electrons. The molecule has 0 aromatic heterocycles. The summed E-state index contributed by atoms with van der Waals surface area (Å²) >= 11 is 0.973. The third kappa shape index (κ3) is 4.53. The van der Waals surface area contributed by atoms with Gasteiger partial charge in [-0.05, 0) is 48.2 Å². The zero-order valence-corrected chi connectivity index (χ0v) is 17.5. The van der Waals surface area contributed by atoms with Gasteiger partial charge in [-0.2, -0.15) is 10.4 Å². The molecule has 0 spiro atoms. The van der Waals surface area contributed by atoms with Crippen LogP contribution >= 0.6 is 11.8 Å². The molecule has 0 bridgehead atoms. The van der Waals surface area contributed by atoms with Gasteiger partial charge in [-0.1, -0.05) is 54.6 Å². The topological polar surface area (TPSA) is 97.6 Å². The average molecular weight is 440 g/mol. The van der Waals surface area contributed by atoms with Gasteiger partial charge in [0.25, 0.3) is 11.8 Å². The molecule has 8 heteroatoms. The molecule has 7 nitrogen and oxygen atoms in total. The number of benzene rings is 3. The van der Waals surface area contributed by atoms with E-state index in [2.05, 4.69) is 15.8 Å².